The van der Waals surface area contributed by atoms with E-state index in [1.165, 1.54) is 94.7 Å². The largest absolute Gasteiger partial charge is 0.508 e. The first kappa shape index (κ1) is 53.9. The molecule has 1 heterocycles. The molecule has 64 heavy (non-hydrogen) atoms. The number of ketones is 3. The van der Waals surface area contributed by atoms with Gasteiger partial charge in [-0.25, -0.2) is 4.79 Å². The Morgan fingerprint density at radius 2 is 1.41 bits per heavy atom. The number of aliphatic hydroxyl groups is 3. The minimum Gasteiger partial charge on any atom is -0.508 e. The van der Waals surface area contributed by atoms with Gasteiger partial charge in [-0.15, -0.1) is 0 Å². The summed E-state index contributed by atoms with van der Waals surface area (Å²) in [7, 11) is 2.92. The van der Waals surface area contributed by atoms with Crippen LogP contribution in [0, 0.1) is 23.7 Å². The highest BCUT2D eigenvalue weighted by Gasteiger charge is 2.40. The van der Waals surface area contributed by atoms with Gasteiger partial charge in [0.2, 0.25) is 17.7 Å². The number of hydrogen-bond donors (Lipinski definition) is 5. The lowest BCUT2D eigenvalue weighted by atomic mass is 9.78. The highest BCUT2D eigenvalue weighted by molar-refractivity contribution is 5.96. The molecule has 0 aromatic heterocycles. The molecule has 0 radical (unpaired) electrons. The van der Waals surface area contributed by atoms with Crippen molar-refractivity contribution in [2.45, 2.75) is 180 Å². The maximum Gasteiger partial charge on any atom is 0.326 e. The van der Waals surface area contributed by atoms with Gasteiger partial charge in [-0.05, 0) is 36.5 Å². The molecule has 1 aliphatic heterocycles. The smallest absolute Gasteiger partial charge is 0.326 e. The molecule has 0 aromatic rings. The van der Waals surface area contributed by atoms with Crippen LogP contribution in [0.2, 0.25) is 0 Å². The first-order chi connectivity index (χ1) is 30.4. The quantitative estimate of drug-likeness (QED) is 0.0595. The third-order valence-electron chi connectivity index (χ3n) is 13.6. The molecule has 3 amide bonds. The van der Waals surface area contributed by atoms with Crippen molar-refractivity contribution in [2.75, 3.05) is 20.7 Å². The molecular formula is C50H77N3O11. The number of unbranched alkanes of at least 4 members (excludes halogenated alkanes) is 12. The summed E-state index contributed by atoms with van der Waals surface area (Å²) in [6.07, 6.45) is 20.1. The van der Waals surface area contributed by atoms with Crippen molar-refractivity contribution in [3.05, 3.63) is 46.8 Å². The van der Waals surface area contributed by atoms with E-state index in [1.807, 2.05) is 0 Å². The first-order valence-corrected chi connectivity index (χ1v) is 23.9. The highest BCUT2D eigenvalue weighted by atomic mass is 16.4. The monoisotopic (exact) mass is 896 g/mol. The van der Waals surface area contributed by atoms with Crippen LogP contribution in [0.15, 0.2) is 46.8 Å². The third kappa shape index (κ3) is 15.9. The average molecular weight is 896 g/mol. The van der Waals surface area contributed by atoms with Crippen LogP contribution in [0.4, 0.5) is 0 Å². The second-order valence-corrected chi connectivity index (χ2v) is 18.5. The van der Waals surface area contributed by atoms with E-state index >= 15 is 0 Å². The van der Waals surface area contributed by atoms with Crippen molar-refractivity contribution in [2.24, 2.45) is 23.7 Å². The lowest BCUT2D eigenvalue weighted by molar-refractivity contribution is -0.144. The minimum absolute atomic E-state index is 0.0490. The number of carboxylic acids is 1. The van der Waals surface area contributed by atoms with Crippen molar-refractivity contribution in [3.8, 4) is 0 Å². The molecule has 0 spiro atoms. The Labute approximate surface area is 380 Å². The zero-order valence-corrected chi connectivity index (χ0v) is 39.3. The predicted octanol–water partition coefficient (Wildman–Crippen LogP) is 6.88. The Hall–Kier alpha value is -4.43. The predicted molar refractivity (Wildman–Crippen MR) is 245 cm³/mol. The minimum atomic E-state index is -1.32. The Morgan fingerprint density at radius 1 is 0.812 bits per heavy atom. The fourth-order valence-corrected chi connectivity index (χ4v) is 9.05. The summed E-state index contributed by atoms with van der Waals surface area (Å²) in [5, 5.41) is 44.6. The summed E-state index contributed by atoms with van der Waals surface area (Å²) in [4.78, 5) is 96.1. The second kappa shape index (κ2) is 27.1. The molecule has 2 unspecified atom stereocenters. The number of aliphatic carboxylic acids is 1. The summed E-state index contributed by atoms with van der Waals surface area (Å²) in [5.74, 6) is -7.55. The van der Waals surface area contributed by atoms with Crippen molar-refractivity contribution in [3.63, 3.8) is 0 Å². The van der Waals surface area contributed by atoms with Gasteiger partial charge < -0.3 is 35.5 Å². The molecular weight excluding hydrogens is 819 g/mol. The molecule has 14 nitrogen and oxygen atoms in total. The molecule has 8 atom stereocenters. The lowest BCUT2D eigenvalue weighted by Gasteiger charge is -2.36. The van der Waals surface area contributed by atoms with Crippen LogP contribution >= 0.6 is 0 Å². The van der Waals surface area contributed by atoms with Crippen LogP contribution in [0.1, 0.15) is 156 Å². The number of hydrogen-bond acceptors (Lipinski definition) is 10. The number of Topliss-reactive ketones (excluding diaryl/α,β-unsaturated/α-hetero) is 3. The van der Waals surface area contributed by atoms with Crippen molar-refractivity contribution < 1.29 is 54.0 Å². The molecule has 0 saturated carbocycles. The molecule has 5 N–H and O–H groups in total. The summed E-state index contributed by atoms with van der Waals surface area (Å²) in [6.45, 7) is 6.28. The van der Waals surface area contributed by atoms with Crippen LogP contribution < -0.4 is 5.32 Å². The van der Waals surface area contributed by atoms with Crippen molar-refractivity contribution in [1.82, 2.24) is 15.1 Å². The van der Waals surface area contributed by atoms with Gasteiger partial charge in [-0.1, -0.05) is 123 Å². The fourth-order valence-electron chi connectivity index (χ4n) is 9.05. The summed E-state index contributed by atoms with van der Waals surface area (Å²) >= 11 is 0. The van der Waals surface area contributed by atoms with Crippen molar-refractivity contribution >= 4 is 41.0 Å². The number of likely N-dealkylation sites (N-methyl/N-ethyl adjacent to an activating group) is 2. The van der Waals surface area contributed by atoms with Gasteiger partial charge in [-0.3, -0.25) is 28.8 Å². The van der Waals surface area contributed by atoms with Gasteiger partial charge in [0.25, 0.3) is 0 Å². The van der Waals surface area contributed by atoms with E-state index in [2.05, 4.69) is 12.2 Å². The fraction of sp³-hybridized carbons (Fsp3) is 0.700. The standard InChI is InChI=1S/C50H77N3O11/c1-7-8-9-10-11-12-13-14-15-16-17-18-19-20-45(59)52(5)40(31-54)48(61)34(4)33(3)41(55)25-26-46(60)53(6)47-36-22-24-43(57)38(30-36)37-28-35(21-23-42(37)56)29-39(50(63)64)51-49(62)32(2)27-44(47)58/h21-22,24,28,32-34,36,39-40,42,47,54,56-57H,7-20,23,25-27,29-31H2,1-6H3,(H,51,62)(H,63,64)/t32-,33+,34?,36+,39+,40-,42?,47+/m1/s1. The van der Waals surface area contributed by atoms with Gasteiger partial charge in [0, 0.05) is 75.4 Å². The summed E-state index contributed by atoms with van der Waals surface area (Å²) in [6, 6.07) is -3.59. The number of amides is 3. The van der Waals surface area contributed by atoms with Crippen LogP contribution in [0.25, 0.3) is 0 Å². The van der Waals surface area contributed by atoms with E-state index < -0.39 is 83.9 Å². The van der Waals surface area contributed by atoms with E-state index in [0.29, 0.717) is 23.1 Å². The van der Waals surface area contributed by atoms with Gasteiger partial charge in [-0.2, -0.15) is 0 Å². The Balaban J connectivity index is 1.60. The van der Waals surface area contributed by atoms with Gasteiger partial charge in [0.1, 0.15) is 23.6 Å². The zero-order valence-electron chi connectivity index (χ0n) is 39.3. The van der Waals surface area contributed by atoms with Gasteiger partial charge >= 0.3 is 5.97 Å². The number of fused-ring (bicyclic) bond motifs is 4. The van der Waals surface area contributed by atoms with E-state index in [9.17, 15) is 54.0 Å². The number of carbonyl (C=O) groups excluding carboxylic acids is 6. The van der Waals surface area contributed by atoms with E-state index in [1.54, 1.807) is 32.1 Å². The average Bonchev–Trinajstić information content (AvgIpc) is 3.26. The zero-order chi connectivity index (χ0) is 47.5. The van der Waals surface area contributed by atoms with E-state index in [4.69, 9.17) is 0 Å². The summed E-state index contributed by atoms with van der Waals surface area (Å²) < 4.78 is 0. The normalized spacial score (nSPS) is 22.9. The molecule has 14 heteroatoms. The van der Waals surface area contributed by atoms with Crippen LogP contribution in [-0.4, -0.2) is 116 Å². The number of aliphatic hydroxyl groups excluding tert-OH is 3. The number of rotatable bonds is 25. The Bertz CT molecular complexity index is 1770. The Morgan fingerprint density at radius 3 is 1.98 bits per heavy atom. The molecule has 0 saturated heterocycles. The summed E-state index contributed by atoms with van der Waals surface area (Å²) in [5.41, 5.74) is 1.25. The number of nitrogens with one attached hydrogen (secondary N) is 1. The maximum absolute atomic E-state index is 14.1. The molecule has 358 valence electrons. The number of nitrogens with zero attached hydrogens (tertiary/aromatic N) is 2. The van der Waals surface area contributed by atoms with Crippen LogP contribution in [-0.2, 0) is 33.6 Å². The van der Waals surface area contributed by atoms with Crippen molar-refractivity contribution in [1.29, 1.82) is 0 Å². The first-order valence-electron chi connectivity index (χ1n) is 23.9. The molecule has 4 bridgehead atoms. The van der Waals surface area contributed by atoms with Gasteiger partial charge in [0.05, 0.1) is 18.8 Å². The molecule has 3 aliphatic rings. The van der Waals surface area contributed by atoms with Gasteiger partial charge in [0.15, 0.2) is 11.6 Å². The maximum atomic E-state index is 14.1. The molecule has 0 aromatic carbocycles. The lowest BCUT2D eigenvalue weighted by Crippen LogP contribution is -2.49. The SMILES string of the molecule is CCCCCCCCCCCCCCCC(=O)N(C)[C@H](CO)C(=O)C(C)[C@H](C)C(=O)CCC(=O)N(C)[C@@H]1C(=O)C[C@@H](C)C(=O)N[C@H](C(=O)O)CC2=CCC(O)C(=C2)C2=C(O)C=C[C@H]1C2. The molecule has 0 fully saturated rings. The van der Waals surface area contributed by atoms with Crippen LogP contribution in [0.5, 0.6) is 0 Å². The van der Waals surface area contributed by atoms with E-state index in [-0.39, 0.29) is 62.4 Å². The molecule has 3 rings (SSSR count). The Kier molecular flexibility index (Phi) is 22.9. The third-order valence-corrected chi connectivity index (χ3v) is 13.6. The topological polar surface area (TPSA) is 219 Å². The number of carboxylic acid groups (broad SMARTS) is 1. The second-order valence-electron chi connectivity index (χ2n) is 18.5. The number of allylic oxidation sites excluding steroid dienone is 2. The highest BCUT2D eigenvalue weighted by Crippen LogP contribution is 2.37. The molecule has 2 aliphatic carbocycles. The van der Waals surface area contributed by atoms with E-state index in [0.717, 1.165) is 19.3 Å². The van der Waals surface area contributed by atoms with Crippen LogP contribution in [0.3, 0.4) is 0 Å². The number of carbonyl (C=O) groups is 7.